The lowest BCUT2D eigenvalue weighted by molar-refractivity contribution is -0.575. The Labute approximate surface area is 130 Å². The van der Waals surface area contributed by atoms with Crippen molar-refractivity contribution in [3.05, 3.63) is 41.5 Å². The quantitative estimate of drug-likeness (QED) is 0.542. The summed E-state index contributed by atoms with van der Waals surface area (Å²) in [4.78, 5) is 17.0. The third-order valence-electron chi connectivity index (χ3n) is 4.19. The Hall–Kier alpha value is -2.87. The van der Waals surface area contributed by atoms with Gasteiger partial charge in [0.25, 0.3) is 0 Å². The van der Waals surface area contributed by atoms with Crippen LogP contribution in [0.2, 0.25) is 0 Å². The summed E-state index contributed by atoms with van der Waals surface area (Å²) in [6, 6.07) is 7.21. The molecule has 1 amide bonds. The fourth-order valence-corrected chi connectivity index (χ4v) is 3.07. The van der Waals surface area contributed by atoms with Crippen molar-refractivity contribution in [1.29, 1.82) is 0 Å². The van der Waals surface area contributed by atoms with Crippen molar-refractivity contribution >= 4 is 28.0 Å². The number of likely N-dealkylation sites (N-methyl/N-ethyl adjacent to an activating group) is 1. The largest absolute Gasteiger partial charge is 0.618 e. The van der Waals surface area contributed by atoms with E-state index in [0.29, 0.717) is 16.9 Å². The van der Waals surface area contributed by atoms with E-state index in [0.717, 1.165) is 15.6 Å². The van der Waals surface area contributed by atoms with Crippen molar-refractivity contribution in [1.82, 2.24) is 14.5 Å². The fraction of sp³-hybridized carbons (Fsp3) is 0.267. The molecule has 1 N–H and O–H groups in total. The molecule has 118 valence electrons. The molecule has 3 heterocycles. The molecule has 4 rings (SSSR count). The molecule has 1 aromatic carbocycles. The van der Waals surface area contributed by atoms with Gasteiger partial charge in [-0.1, -0.05) is 12.1 Å². The molecule has 1 atom stereocenters. The lowest BCUT2D eigenvalue weighted by atomic mass is 10.2. The Bertz CT molecular complexity index is 936. The van der Waals surface area contributed by atoms with Gasteiger partial charge in [-0.2, -0.15) is 4.73 Å². The third kappa shape index (κ3) is 1.92. The minimum atomic E-state index is -1.05. The summed E-state index contributed by atoms with van der Waals surface area (Å²) in [7, 11) is 1.50. The van der Waals surface area contributed by atoms with Gasteiger partial charge in [-0.05, 0) is 6.07 Å². The number of benzene rings is 1. The van der Waals surface area contributed by atoms with E-state index in [-0.39, 0.29) is 13.2 Å². The highest BCUT2D eigenvalue weighted by atomic mass is 16.5. The van der Waals surface area contributed by atoms with Crippen molar-refractivity contribution in [2.75, 3.05) is 13.7 Å². The summed E-state index contributed by atoms with van der Waals surface area (Å²) in [6.45, 7) is 0.522. The molecule has 2 aromatic heterocycles. The molecule has 23 heavy (non-hydrogen) atoms. The number of amides is 1. The van der Waals surface area contributed by atoms with E-state index in [1.165, 1.54) is 18.1 Å². The van der Waals surface area contributed by atoms with Crippen molar-refractivity contribution in [2.45, 2.75) is 12.8 Å². The highest BCUT2D eigenvalue weighted by Gasteiger charge is 2.31. The number of hydrogen-bond acceptors (Lipinski definition) is 4. The molecule has 1 aliphatic rings. The average Bonchev–Trinajstić information content (AvgIpc) is 2.92. The maximum atomic E-state index is 12.2. The van der Waals surface area contributed by atoms with Crippen LogP contribution >= 0.6 is 0 Å². The zero-order chi connectivity index (χ0) is 16.1. The molecule has 0 fully saturated rings. The van der Waals surface area contributed by atoms with Gasteiger partial charge in [-0.15, -0.1) is 0 Å². The second-order valence-corrected chi connectivity index (χ2v) is 5.49. The Morgan fingerprint density at radius 1 is 1.52 bits per heavy atom. The van der Waals surface area contributed by atoms with Crippen molar-refractivity contribution in [3.63, 3.8) is 0 Å². The Balaban J connectivity index is 2.08. The van der Waals surface area contributed by atoms with Crippen LogP contribution in [0.15, 0.2) is 30.5 Å². The molecule has 0 saturated heterocycles. The first kappa shape index (κ1) is 13.8. The van der Waals surface area contributed by atoms with Crippen LogP contribution in [-0.4, -0.2) is 39.3 Å². The topological polar surface area (TPSA) is 94.5 Å². The molecule has 1 aliphatic heterocycles. The van der Waals surface area contributed by atoms with E-state index in [1.807, 2.05) is 16.7 Å². The number of imidazole rings is 1. The fourth-order valence-electron chi connectivity index (χ4n) is 3.07. The minimum absolute atomic E-state index is 0.238. The van der Waals surface area contributed by atoms with Crippen LogP contribution < -0.4 is 4.73 Å². The number of ether oxygens (including phenoxy) is 1. The van der Waals surface area contributed by atoms with Crippen LogP contribution in [-0.2, 0) is 11.3 Å². The van der Waals surface area contributed by atoms with Crippen LogP contribution in [0.5, 0.6) is 0 Å². The maximum absolute atomic E-state index is 12.2. The van der Waals surface area contributed by atoms with Crippen LogP contribution in [0.4, 0.5) is 4.79 Å². The molecule has 0 bridgehead atoms. The number of carbonyl (C=O) groups is 1. The average molecular weight is 314 g/mol. The first-order valence-corrected chi connectivity index (χ1v) is 7.13. The normalized spacial score (nSPS) is 17.3. The molecular weight excluding hydrogens is 300 g/mol. The van der Waals surface area contributed by atoms with Crippen molar-refractivity contribution < 1.29 is 19.4 Å². The monoisotopic (exact) mass is 314 g/mol. The van der Waals surface area contributed by atoms with Gasteiger partial charge >= 0.3 is 6.09 Å². The van der Waals surface area contributed by atoms with Gasteiger partial charge in [0.15, 0.2) is 5.52 Å². The second kappa shape index (κ2) is 4.82. The third-order valence-corrected chi connectivity index (χ3v) is 4.19. The summed E-state index contributed by atoms with van der Waals surface area (Å²) < 4.78 is 8.12. The molecular formula is C15H14N4O4. The van der Waals surface area contributed by atoms with Crippen molar-refractivity contribution in [2.24, 2.45) is 0 Å². The van der Waals surface area contributed by atoms with Crippen LogP contribution in [0, 0.1) is 5.21 Å². The van der Waals surface area contributed by atoms with Gasteiger partial charge in [0.2, 0.25) is 11.7 Å². The molecule has 3 aromatic rings. The van der Waals surface area contributed by atoms with E-state index in [9.17, 15) is 15.1 Å². The van der Waals surface area contributed by atoms with Gasteiger partial charge in [0.05, 0.1) is 17.5 Å². The second-order valence-electron chi connectivity index (χ2n) is 5.49. The number of pyridine rings is 1. The molecule has 0 aliphatic carbocycles. The first-order chi connectivity index (χ1) is 11.1. The Morgan fingerprint density at radius 3 is 3.09 bits per heavy atom. The van der Waals surface area contributed by atoms with Gasteiger partial charge in [0.1, 0.15) is 18.6 Å². The number of carboxylic acid groups (broad SMARTS) is 1. The summed E-state index contributed by atoms with van der Waals surface area (Å²) >= 11 is 0. The molecule has 0 unspecified atom stereocenters. The summed E-state index contributed by atoms with van der Waals surface area (Å²) in [5.74, 6) is 0.612. The minimum Gasteiger partial charge on any atom is -0.618 e. The smallest absolute Gasteiger partial charge is 0.408 e. The number of rotatable bonds is 1. The standard InChI is InChI=1S/C15H14N4O4/c1-17(15(20)21)13-8-23-7-12-16-10-6-18(22)11-5-3-2-4-9(11)14(10)19(12)13/h2-6,13H,7-8H2,1H3,(H,20,21)/t13-/m1/s1. The summed E-state index contributed by atoms with van der Waals surface area (Å²) in [6.07, 6.45) is -0.152. The predicted molar refractivity (Wildman–Crippen MR) is 80.7 cm³/mol. The SMILES string of the molecule is CN(C(=O)O)[C@H]1COCc2nc3c[n+]([O-])c4ccccc4c3n21. The Kier molecular flexibility index (Phi) is 2.88. The summed E-state index contributed by atoms with van der Waals surface area (Å²) in [5, 5.41) is 22.2. The van der Waals surface area contributed by atoms with E-state index in [1.54, 1.807) is 12.1 Å². The number of para-hydroxylation sites is 1. The zero-order valence-corrected chi connectivity index (χ0v) is 12.3. The maximum Gasteiger partial charge on any atom is 0.408 e. The molecule has 8 nitrogen and oxygen atoms in total. The van der Waals surface area contributed by atoms with Gasteiger partial charge in [-0.25, -0.2) is 9.78 Å². The highest BCUT2D eigenvalue weighted by Crippen LogP contribution is 2.31. The number of hydrogen-bond donors (Lipinski definition) is 1. The predicted octanol–water partition coefficient (Wildman–Crippen LogP) is 1.46. The lowest BCUT2D eigenvalue weighted by Gasteiger charge is -2.31. The van der Waals surface area contributed by atoms with E-state index >= 15 is 0 Å². The van der Waals surface area contributed by atoms with Crippen LogP contribution in [0.3, 0.4) is 0 Å². The zero-order valence-electron chi connectivity index (χ0n) is 12.3. The van der Waals surface area contributed by atoms with Crippen molar-refractivity contribution in [3.8, 4) is 0 Å². The summed E-state index contributed by atoms with van der Waals surface area (Å²) in [5.41, 5.74) is 1.80. The molecule has 0 spiro atoms. The van der Waals surface area contributed by atoms with Crippen LogP contribution in [0.25, 0.3) is 21.9 Å². The first-order valence-electron chi connectivity index (χ1n) is 7.13. The van der Waals surface area contributed by atoms with Crippen LogP contribution in [0.1, 0.15) is 12.0 Å². The molecule has 8 heteroatoms. The lowest BCUT2D eigenvalue weighted by Crippen LogP contribution is -2.39. The van der Waals surface area contributed by atoms with E-state index in [4.69, 9.17) is 4.74 Å². The Morgan fingerprint density at radius 2 is 2.30 bits per heavy atom. The molecule has 0 radical (unpaired) electrons. The van der Waals surface area contributed by atoms with Gasteiger partial charge in [-0.3, -0.25) is 4.90 Å². The number of nitrogens with zero attached hydrogens (tertiary/aromatic N) is 4. The number of aromatic nitrogens is 3. The van der Waals surface area contributed by atoms with Gasteiger partial charge in [0, 0.05) is 13.1 Å². The number of fused-ring (bicyclic) bond motifs is 5. The molecule has 0 saturated carbocycles. The van der Waals surface area contributed by atoms with E-state index < -0.39 is 12.3 Å². The van der Waals surface area contributed by atoms with Gasteiger partial charge < -0.3 is 19.6 Å². The van der Waals surface area contributed by atoms with E-state index in [2.05, 4.69) is 4.98 Å². The highest BCUT2D eigenvalue weighted by molar-refractivity contribution is 6.00.